The average molecular weight is 229 g/mol. The van der Waals surface area contributed by atoms with Crippen LogP contribution in [0.25, 0.3) is 0 Å². The van der Waals surface area contributed by atoms with E-state index in [0.717, 1.165) is 18.4 Å². The standard InChI is InChI=1S/C16H23N/c1-12-5-4-8-14(9-12)16(10-15(16)11-17)13-6-2-3-7-13/h4-5,8-9,13,15H,2-3,6-7,10-11,17H2,1H3/t15-,16?/m0/s1. The number of aryl methyl sites for hydroxylation is 1. The highest BCUT2D eigenvalue weighted by Gasteiger charge is 2.58. The number of benzene rings is 1. The van der Waals surface area contributed by atoms with Crippen molar-refractivity contribution >= 4 is 0 Å². The Morgan fingerprint density at radius 1 is 1.29 bits per heavy atom. The quantitative estimate of drug-likeness (QED) is 0.844. The van der Waals surface area contributed by atoms with Gasteiger partial charge < -0.3 is 5.73 Å². The maximum atomic E-state index is 5.95. The maximum Gasteiger partial charge on any atom is 0.00253 e. The van der Waals surface area contributed by atoms with Crippen molar-refractivity contribution in [2.75, 3.05) is 6.54 Å². The van der Waals surface area contributed by atoms with Crippen LogP contribution in [-0.2, 0) is 5.41 Å². The van der Waals surface area contributed by atoms with Crippen molar-refractivity contribution in [3.63, 3.8) is 0 Å². The number of hydrogen-bond acceptors (Lipinski definition) is 1. The van der Waals surface area contributed by atoms with Crippen molar-refractivity contribution in [3.8, 4) is 0 Å². The molecule has 1 aromatic carbocycles. The van der Waals surface area contributed by atoms with Gasteiger partial charge in [0.15, 0.2) is 0 Å². The minimum atomic E-state index is 0.456. The van der Waals surface area contributed by atoms with Crippen molar-refractivity contribution in [1.82, 2.24) is 0 Å². The Labute approximate surface area is 104 Å². The molecule has 92 valence electrons. The molecule has 2 N–H and O–H groups in total. The van der Waals surface area contributed by atoms with Crippen LogP contribution in [0.2, 0.25) is 0 Å². The van der Waals surface area contributed by atoms with Crippen molar-refractivity contribution in [3.05, 3.63) is 35.4 Å². The predicted molar refractivity (Wildman–Crippen MR) is 72.0 cm³/mol. The fourth-order valence-electron chi connectivity index (χ4n) is 4.11. The molecule has 0 heterocycles. The van der Waals surface area contributed by atoms with E-state index in [2.05, 4.69) is 31.2 Å². The van der Waals surface area contributed by atoms with Crippen LogP contribution in [0.5, 0.6) is 0 Å². The van der Waals surface area contributed by atoms with Crippen LogP contribution in [0.15, 0.2) is 24.3 Å². The average Bonchev–Trinajstić information content (AvgIpc) is 2.83. The zero-order valence-corrected chi connectivity index (χ0v) is 10.8. The summed E-state index contributed by atoms with van der Waals surface area (Å²) in [7, 11) is 0. The lowest BCUT2D eigenvalue weighted by atomic mass is 9.79. The van der Waals surface area contributed by atoms with Crippen LogP contribution in [-0.4, -0.2) is 6.54 Å². The summed E-state index contributed by atoms with van der Waals surface area (Å²) in [5, 5.41) is 0. The zero-order valence-electron chi connectivity index (χ0n) is 10.8. The molecule has 3 rings (SSSR count). The molecular weight excluding hydrogens is 206 g/mol. The zero-order chi connectivity index (χ0) is 11.9. The first-order valence-electron chi connectivity index (χ1n) is 7.04. The Bertz CT molecular complexity index is 406. The second-order valence-corrected chi connectivity index (χ2v) is 6.03. The topological polar surface area (TPSA) is 26.0 Å². The van der Waals surface area contributed by atoms with E-state index in [4.69, 9.17) is 5.73 Å². The summed E-state index contributed by atoms with van der Waals surface area (Å²) < 4.78 is 0. The molecule has 0 spiro atoms. The van der Waals surface area contributed by atoms with E-state index in [0.29, 0.717) is 5.41 Å². The molecule has 0 amide bonds. The van der Waals surface area contributed by atoms with Gasteiger partial charge in [-0.3, -0.25) is 0 Å². The van der Waals surface area contributed by atoms with Crippen LogP contribution in [0.3, 0.4) is 0 Å². The molecule has 0 aromatic heterocycles. The summed E-state index contributed by atoms with van der Waals surface area (Å²) in [6.45, 7) is 3.07. The van der Waals surface area contributed by atoms with Gasteiger partial charge in [-0.05, 0) is 50.1 Å². The highest BCUT2D eigenvalue weighted by atomic mass is 14.7. The fraction of sp³-hybridized carbons (Fsp3) is 0.625. The summed E-state index contributed by atoms with van der Waals surface area (Å²) in [5.41, 5.74) is 9.37. The van der Waals surface area contributed by atoms with Gasteiger partial charge in [-0.25, -0.2) is 0 Å². The molecule has 0 saturated heterocycles. The van der Waals surface area contributed by atoms with Crippen LogP contribution in [0, 0.1) is 18.8 Å². The van der Waals surface area contributed by atoms with Crippen molar-refractivity contribution < 1.29 is 0 Å². The van der Waals surface area contributed by atoms with Gasteiger partial charge in [0.25, 0.3) is 0 Å². The van der Waals surface area contributed by atoms with Gasteiger partial charge in [0.2, 0.25) is 0 Å². The van der Waals surface area contributed by atoms with Gasteiger partial charge in [-0.1, -0.05) is 42.7 Å². The normalized spacial score (nSPS) is 32.9. The third-order valence-corrected chi connectivity index (χ3v) is 5.08. The molecule has 1 nitrogen and oxygen atoms in total. The molecule has 1 aromatic rings. The minimum absolute atomic E-state index is 0.456. The van der Waals surface area contributed by atoms with E-state index in [1.54, 1.807) is 5.56 Å². The predicted octanol–water partition coefficient (Wildman–Crippen LogP) is 3.40. The summed E-state index contributed by atoms with van der Waals surface area (Å²) >= 11 is 0. The highest BCUT2D eigenvalue weighted by Crippen LogP contribution is 2.62. The highest BCUT2D eigenvalue weighted by molar-refractivity contribution is 5.38. The lowest BCUT2D eigenvalue weighted by molar-refractivity contribution is 0.386. The molecule has 2 fully saturated rings. The number of nitrogens with two attached hydrogens (primary N) is 1. The van der Waals surface area contributed by atoms with Crippen molar-refractivity contribution in [1.29, 1.82) is 0 Å². The van der Waals surface area contributed by atoms with Crippen LogP contribution < -0.4 is 5.73 Å². The van der Waals surface area contributed by atoms with E-state index >= 15 is 0 Å². The van der Waals surface area contributed by atoms with Crippen LogP contribution in [0.4, 0.5) is 0 Å². The molecule has 2 aliphatic rings. The number of hydrogen-bond donors (Lipinski definition) is 1. The summed E-state index contributed by atoms with van der Waals surface area (Å²) in [4.78, 5) is 0. The van der Waals surface area contributed by atoms with Crippen LogP contribution in [0.1, 0.15) is 43.2 Å². The SMILES string of the molecule is Cc1cccc(C2(C3CCCC3)C[C@H]2CN)c1. The molecular formula is C16H23N. The van der Waals surface area contributed by atoms with Gasteiger partial charge in [0.1, 0.15) is 0 Å². The summed E-state index contributed by atoms with van der Waals surface area (Å²) in [6, 6.07) is 9.15. The lowest BCUT2D eigenvalue weighted by Gasteiger charge is -2.25. The first-order chi connectivity index (χ1) is 8.27. The van der Waals surface area contributed by atoms with E-state index in [-0.39, 0.29) is 0 Å². The van der Waals surface area contributed by atoms with Crippen molar-refractivity contribution in [2.24, 2.45) is 17.6 Å². The molecule has 2 saturated carbocycles. The third kappa shape index (κ3) is 1.72. The molecule has 1 heteroatoms. The Morgan fingerprint density at radius 2 is 2.06 bits per heavy atom. The van der Waals surface area contributed by atoms with E-state index in [1.807, 2.05) is 0 Å². The van der Waals surface area contributed by atoms with Gasteiger partial charge in [0, 0.05) is 5.41 Å². The van der Waals surface area contributed by atoms with Gasteiger partial charge in [-0.15, -0.1) is 0 Å². The molecule has 0 bridgehead atoms. The molecule has 1 unspecified atom stereocenters. The smallest absolute Gasteiger partial charge is 0.00253 e. The molecule has 0 aliphatic heterocycles. The monoisotopic (exact) mass is 229 g/mol. The van der Waals surface area contributed by atoms with E-state index in [9.17, 15) is 0 Å². The summed E-state index contributed by atoms with van der Waals surface area (Å²) in [5.74, 6) is 1.64. The third-order valence-electron chi connectivity index (χ3n) is 5.08. The first-order valence-corrected chi connectivity index (χ1v) is 7.04. The van der Waals surface area contributed by atoms with Gasteiger partial charge in [0.05, 0.1) is 0 Å². The second kappa shape index (κ2) is 4.13. The van der Waals surface area contributed by atoms with Gasteiger partial charge >= 0.3 is 0 Å². The molecule has 2 aliphatic carbocycles. The first kappa shape index (κ1) is 11.3. The summed E-state index contributed by atoms with van der Waals surface area (Å²) in [6.07, 6.45) is 7.03. The van der Waals surface area contributed by atoms with Crippen molar-refractivity contribution in [2.45, 2.75) is 44.4 Å². The lowest BCUT2D eigenvalue weighted by Crippen LogP contribution is -2.23. The van der Waals surface area contributed by atoms with E-state index < -0.39 is 0 Å². The van der Waals surface area contributed by atoms with Crippen LogP contribution >= 0.6 is 0 Å². The Balaban J connectivity index is 1.95. The minimum Gasteiger partial charge on any atom is -0.330 e. The Hall–Kier alpha value is -0.820. The molecule has 17 heavy (non-hydrogen) atoms. The Morgan fingerprint density at radius 3 is 2.65 bits per heavy atom. The maximum absolute atomic E-state index is 5.95. The largest absolute Gasteiger partial charge is 0.330 e. The second-order valence-electron chi connectivity index (χ2n) is 6.03. The number of rotatable bonds is 3. The Kier molecular flexibility index (Phi) is 2.74. The van der Waals surface area contributed by atoms with Gasteiger partial charge in [-0.2, -0.15) is 0 Å². The van der Waals surface area contributed by atoms with E-state index in [1.165, 1.54) is 37.7 Å². The fourth-order valence-corrected chi connectivity index (χ4v) is 4.11. The molecule has 0 radical (unpaired) electrons. The molecule has 2 atom stereocenters.